The summed E-state index contributed by atoms with van der Waals surface area (Å²) in [7, 11) is 0. The third-order valence-corrected chi connectivity index (χ3v) is 4.52. The van der Waals surface area contributed by atoms with Crippen LogP contribution in [0.25, 0.3) is 10.2 Å². The Morgan fingerprint density at radius 3 is 2.56 bits per heavy atom. The Balaban J connectivity index is 1.62. The van der Waals surface area contributed by atoms with Crippen molar-refractivity contribution in [2.24, 2.45) is 0 Å². The highest BCUT2D eigenvalue weighted by atomic mass is 32.1. The van der Waals surface area contributed by atoms with Crippen LogP contribution in [0.2, 0.25) is 0 Å². The van der Waals surface area contributed by atoms with E-state index < -0.39 is 6.08 Å². The molecule has 2 aromatic carbocycles. The molecule has 0 fully saturated rings. The predicted octanol–water partition coefficient (Wildman–Crippen LogP) is 4.70. The molecule has 0 bridgehead atoms. The number of hydrogen-bond donors (Lipinski definition) is 1. The molecule has 0 unspecified atom stereocenters. The van der Waals surface area contributed by atoms with Crippen molar-refractivity contribution in [3.63, 3.8) is 0 Å². The van der Waals surface area contributed by atoms with Crippen LogP contribution < -0.4 is 5.32 Å². The Kier molecular flexibility index (Phi) is 4.07. The summed E-state index contributed by atoms with van der Waals surface area (Å²) in [4.78, 5) is 11.8. The molecule has 25 heavy (non-hydrogen) atoms. The summed E-state index contributed by atoms with van der Waals surface area (Å²) >= 11 is 1.28. The molecule has 0 amide bonds. The Morgan fingerprint density at radius 2 is 1.76 bits per heavy atom. The molecule has 0 spiro atoms. The number of thiazole rings is 1. The molecule has 2 heterocycles. The lowest BCUT2D eigenvalue weighted by molar-refractivity contribution is 0.535. The number of aromatic nitrogens is 3. The number of nitrogens with zero attached hydrogens (tertiary/aromatic N) is 3. The molecule has 4 nitrogen and oxygen atoms in total. The monoisotopic (exact) mass is 354 g/mol. The minimum Gasteiger partial charge on any atom is -0.316 e. The zero-order chi connectivity index (χ0) is 17.2. The highest BCUT2D eigenvalue weighted by molar-refractivity contribution is 7.22. The molecule has 1 N–H and O–H groups in total. The van der Waals surface area contributed by atoms with Crippen LogP contribution in [0.3, 0.4) is 0 Å². The molecule has 0 aliphatic carbocycles. The zero-order valence-electron chi connectivity index (χ0n) is 12.9. The van der Waals surface area contributed by atoms with Crippen molar-refractivity contribution in [2.75, 3.05) is 5.32 Å². The fourth-order valence-corrected chi connectivity index (χ4v) is 3.39. The quantitative estimate of drug-likeness (QED) is 0.540. The Labute approximate surface area is 146 Å². The minimum absolute atomic E-state index is 0.286. The lowest BCUT2D eigenvalue weighted by Gasteiger charge is -2.05. The van der Waals surface area contributed by atoms with Crippen molar-refractivity contribution in [2.45, 2.75) is 6.42 Å². The van der Waals surface area contributed by atoms with Crippen molar-refractivity contribution in [3.05, 3.63) is 77.8 Å². The van der Waals surface area contributed by atoms with Crippen LogP contribution in [0, 0.1) is 11.9 Å². The van der Waals surface area contributed by atoms with E-state index in [-0.39, 0.29) is 17.2 Å². The Hall–Kier alpha value is -2.93. The summed E-state index contributed by atoms with van der Waals surface area (Å²) < 4.78 is 28.2. The van der Waals surface area contributed by atoms with Crippen molar-refractivity contribution in [1.82, 2.24) is 15.0 Å². The fourth-order valence-electron chi connectivity index (χ4n) is 2.50. The maximum absolute atomic E-state index is 13.8. The number of hydrogen-bond acceptors (Lipinski definition) is 5. The number of para-hydroxylation sites is 1. The molecule has 4 rings (SSSR count). The lowest BCUT2D eigenvalue weighted by Crippen LogP contribution is -2.02. The second-order valence-corrected chi connectivity index (χ2v) is 6.44. The van der Waals surface area contributed by atoms with Crippen molar-refractivity contribution >= 4 is 32.5 Å². The van der Waals surface area contributed by atoms with Gasteiger partial charge in [0.25, 0.3) is 0 Å². The number of halogens is 2. The summed E-state index contributed by atoms with van der Waals surface area (Å²) in [6, 6.07) is 16.1. The first kappa shape index (κ1) is 15.6. The molecule has 4 aromatic rings. The first-order chi connectivity index (χ1) is 12.2. The van der Waals surface area contributed by atoms with E-state index in [2.05, 4.69) is 20.3 Å². The lowest BCUT2D eigenvalue weighted by atomic mass is 10.1. The summed E-state index contributed by atoms with van der Waals surface area (Å²) in [5.74, 6) is -0.0988. The molecule has 0 saturated heterocycles. The highest BCUT2D eigenvalue weighted by Crippen LogP contribution is 2.29. The minimum atomic E-state index is -0.816. The first-order valence-electron chi connectivity index (χ1n) is 7.57. The number of fused-ring (bicyclic) bond motifs is 1. The molecule has 124 valence electrons. The molecule has 0 atom stereocenters. The van der Waals surface area contributed by atoms with Crippen LogP contribution >= 0.6 is 11.3 Å². The Morgan fingerprint density at radius 1 is 0.920 bits per heavy atom. The standard InChI is InChI=1S/C18H12F2N4S/c19-13-7-4-8-14-16(13)24-18(25-14)23-15-10-12(21-17(20)22-15)9-11-5-2-1-3-6-11/h1-8,10H,9H2,(H,21,22,23,24). The van der Waals surface area contributed by atoms with Gasteiger partial charge in [-0.25, -0.2) is 14.4 Å². The summed E-state index contributed by atoms with van der Waals surface area (Å²) in [6.07, 6.45) is -0.327. The van der Waals surface area contributed by atoms with Crippen LogP contribution in [0.15, 0.2) is 54.6 Å². The number of benzene rings is 2. The van der Waals surface area contributed by atoms with Gasteiger partial charge in [-0.05, 0) is 17.7 Å². The topological polar surface area (TPSA) is 50.7 Å². The van der Waals surface area contributed by atoms with E-state index in [1.807, 2.05) is 30.3 Å². The number of anilines is 2. The van der Waals surface area contributed by atoms with Crippen LogP contribution in [0.1, 0.15) is 11.3 Å². The summed E-state index contributed by atoms with van der Waals surface area (Å²) in [6.45, 7) is 0. The van der Waals surface area contributed by atoms with E-state index in [1.165, 1.54) is 17.4 Å². The van der Waals surface area contributed by atoms with Gasteiger partial charge in [-0.2, -0.15) is 9.37 Å². The second kappa shape index (κ2) is 6.52. The molecular weight excluding hydrogens is 342 g/mol. The number of rotatable bonds is 4. The van der Waals surface area contributed by atoms with E-state index in [0.29, 0.717) is 21.9 Å². The normalized spacial score (nSPS) is 11.0. The van der Waals surface area contributed by atoms with Crippen LogP contribution in [0.4, 0.5) is 19.7 Å². The summed E-state index contributed by atoms with van der Waals surface area (Å²) in [5.41, 5.74) is 1.86. The van der Waals surface area contributed by atoms with Gasteiger partial charge in [-0.15, -0.1) is 0 Å². The fraction of sp³-hybridized carbons (Fsp3) is 0.0556. The average Bonchev–Trinajstić information content (AvgIpc) is 2.99. The van der Waals surface area contributed by atoms with E-state index in [9.17, 15) is 8.78 Å². The largest absolute Gasteiger partial charge is 0.316 e. The van der Waals surface area contributed by atoms with Gasteiger partial charge < -0.3 is 5.32 Å². The van der Waals surface area contributed by atoms with E-state index in [0.717, 1.165) is 5.56 Å². The smallest absolute Gasteiger partial charge is 0.310 e. The van der Waals surface area contributed by atoms with Gasteiger partial charge in [-0.1, -0.05) is 47.7 Å². The van der Waals surface area contributed by atoms with Crippen LogP contribution in [0.5, 0.6) is 0 Å². The third-order valence-electron chi connectivity index (χ3n) is 3.58. The van der Waals surface area contributed by atoms with Gasteiger partial charge in [-0.3, -0.25) is 0 Å². The SMILES string of the molecule is Fc1nc(Cc2ccccc2)cc(Nc2nc3c(F)cccc3s2)n1. The van der Waals surface area contributed by atoms with Crippen molar-refractivity contribution in [3.8, 4) is 0 Å². The van der Waals surface area contributed by atoms with Gasteiger partial charge >= 0.3 is 6.08 Å². The molecule has 0 aliphatic rings. The molecule has 0 aliphatic heterocycles. The maximum atomic E-state index is 13.8. The molecule has 0 radical (unpaired) electrons. The molecular formula is C18H12F2N4S. The van der Waals surface area contributed by atoms with E-state index in [1.54, 1.807) is 18.2 Å². The molecule has 2 aromatic heterocycles. The van der Waals surface area contributed by atoms with E-state index >= 15 is 0 Å². The third kappa shape index (κ3) is 3.46. The molecule has 7 heteroatoms. The van der Waals surface area contributed by atoms with Gasteiger partial charge in [0.2, 0.25) is 0 Å². The highest BCUT2D eigenvalue weighted by Gasteiger charge is 2.10. The van der Waals surface area contributed by atoms with Crippen molar-refractivity contribution < 1.29 is 8.78 Å². The summed E-state index contributed by atoms with van der Waals surface area (Å²) in [5, 5.41) is 3.39. The zero-order valence-corrected chi connectivity index (χ0v) is 13.7. The second-order valence-electron chi connectivity index (χ2n) is 5.41. The average molecular weight is 354 g/mol. The van der Waals surface area contributed by atoms with Crippen LogP contribution in [-0.2, 0) is 6.42 Å². The van der Waals surface area contributed by atoms with E-state index in [4.69, 9.17) is 0 Å². The van der Waals surface area contributed by atoms with Crippen molar-refractivity contribution in [1.29, 1.82) is 0 Å². The maximum Gasteiger partial charge on any atom is 0.310 e. The first-order valence-corrected chi connectivity index (χ1v) is 8.38. The van der Waals surface area contributed by atoms with Crippen LogP contribution in [-0.4, -0.2) is 15.0 Å². The van der Waals surface area contributed by atoms with Gasteiger partial charge in [0.15, 0.2) is 5.13 Å². The van der Waals surface area contributed by atoms with Gasteiger partial charge in [0.05, 0.1) is 10.4 Å². The Bertz CT molecular complexity index is 1030. The number of nitrogens with one attached hydrogen (secondary N) is 1. The van der Waals surface area contributed by atoms with Gasteiger partial charge in [0.1, 0.15) is 17.2 Å². The van der Waals surface area contributed by atoms with Gasteiger partial charge in [0, 0.05) is 12.5 Å². The predicted molar refractivity (Wildman–Crippen MR) is 94.1 cm³/mol. The molecule has 0 saturated carbocycles.